The van der Waals surface area contributed by atoms with E-state index >= 15 is 0 Å². The van der Waals surface area contributed by atoms with Crippen LogP contribution in [-0.4, -0.2) is 37.6 Å². The van der Waals surface area contributed by atoms with Gasteiger partial charge in [0.2, 0.25) is 5.91 Å². The molecule has 8 heteroatoms. The molecule has 1 atom stereocenters. The van der Waals surface area contributed by atoms with Crippen LogP contribution in [0.3, 0.4) is 0 Å². The van der Waals surface area contributed by atoms with E-state index < -0.39 is 6.04 Å². The fourth-order valence-corrected chi connectivity index (χ4v) is 4.61. The van der Waals surface area contributed by atoms with Crippen LogP contribution in [0.5, 0.6) is 0 Å². The molecule has 0 aromatic carbocycles. The first-order valence-corrected chi connectivity index (χ1v) is 11.8. The van der Waals surface area contributed by atoms with Crippen molar-refractivity contribution >= 4 is 17.6 Å². The van der Waals surface area contributed by atoms with Crippen LogP contribution in [0.15, 0.2) is 42.9 Å². The topological polar surface area (TPSA) is 102 Å². The number of aromatic nitrogens is 4. The van der Waals surface area contributed by atoms with Crippen LogP contribution in [0.25, 0.3) is 11.1 Å². The van der Waals surface area contributed by atoms with Crippen LogP contribution in [0.4, 0.5) is 5.82 Å². The molecule has 2 N–H and O–H groups in total. The Labute approximate surface area is 200 Å². The molecule has 1 saturated carbocycles. The molecule has 2 amide bonds. The van der Waals surface area contributed by atoms with Crippen LogP contribution >= 0.6 is 0 Å². The normalized spacial score (nSPS) is 18.8. The summed E-state index contributed by atoms with van der Waals surface area (Å²) in [5.74, 6) is 0.635. The lowest BCUT2D eigenvalue weighted by Gasteiger charge is -2.32. The molecule has 0 spiro atoms. The minimum absolute atomic E-state index is 0.0788. The number of aryl methyl sites for hydroxylation is 2. The quantitative estimate of drug-likeness (QED) is 0.578. The molecule has 0 saturated heterocycles. The van der Waals surface area contributed by atoms with E-state index in [0.29, 0.717) is 17.4 Å². The fraction of sp³-hybridized carbons (Fsp3) is 0.423. The molecule has 4 rings (SSSR count). The summed E-state index contributed by atoms with van der Waals surface area (Å²) < 4.78 is 1.51. The van der Waals surface area contributed by atoms with Gasteiger partial charge in [-0.05, 0) is 73.9 Å². The number of carbonyl (C=O) groups excluding carboxylic acids is 2. The summed E-state index contributed by atoms with van der Waals surface area (Å²) in [6, 6.07) is 6.71. The molecular weight excluding hydrogens is 428 g/mol. The van der Waals surface area contributed by atoms with Gasteiger partial charge in [0.15, 0.2) is 0 Å². The van der Waals surface area contributed by atoms with E-state index in [0.717, 1.165) is 48.1 Å². The highest BCUT2D eigenvalue weighted by atomic mass is 16.2. The molecule has 178 valence electrons. The molecule has 0 aliphatic heterocycles. The maximum Gasteiger partial charge on any atom is 0.270 e. The Bertz CT molecular complexity index is 1160. The molecule has 3 aromatic heterocycles. The van der Waals surface area contributed by atoms with Gasteiger partial charge in [-0.3, -0.25) is 19.3 Å². The van der Waals surface area contributed by atoms with Gasteiger partial charge < -0.3 is 10.6 Å². The molecule has 1 aliphatic rings. The first-order valence-electron chi connectivity index (χ1n) is 11.8. The van der Waals surface area contributed by atoms with E-state index in [-0.39, 0.29) is 17.7 Å². The Morgan fingerprint density at radius 3 is 2.44 bits per heavy atom. The Morgan fingerprint density at radius 2 is 1.79 bits per heavy atom. The summed E-state index contributed by atoms with van der Waals surface area (Å²) in [4.78, 5) is 35.0. The Balaban J connectivity index is 1.51. The fourth-order valence-electron chi connectivity index (χ4n) is 4.61. The molecule has 3 heterocycles. The first-order chi connectivity index (χ1) is 16.3. The number of nitrogens with one attached hydrogen (secondary N) is 2. The van der Waals surface area contributed by atoms with Gasteiger partial charge in [0.1, 0.15) is 17.6 Å². The van der Waals surface area contributed by atoms with Crippen LogP contribution in [0, 0.1) is 25.7 Å². The van der Waals surface area contributed by atoms with Gasteiger partial charge in [0, 0.05) is 36.9 Å². The Hall–Kier alpha value is -3.55. The highest BCUT2D eigenvalue weighted by Crippen LogP contribution is 2.31. The van der Waals surface area contributed by atoms with Crippen molar-refractivity contribution in [2.75, 3.05) is 5.32 Å². The maximum absolute atomic E-state index is 13.3. The van der Waals surface area contributed by atoms with Crippen molar-refractivity contribution in [3.05, 3.63) is 59.8 Å². The van der Waals surface area contributed by atoms with Crippen molar-refractivity contribution < 1.29 is 9.59 Å². The zero-order chi connectivity index (χ0) is 24.2. The van der Waals surface area contributed by atoms with Crippen molar-refractivity contribution in [3.8, 4) is 11.1 Å². The minimum Gasteiger partial charge on any atom is -0.339 e. The molecule has 1 aliphatic carbocycles. The summed E-state index contributed by atoms with van der Waals surface area (Å²) in [5, 5.41) is 9.96. The lowest BCUT2D eigenvalue weighted by Crippen LogP contribution is -2.49. The van der Waals surface area contributed by atoms with E-state index in [2.05, 4.69) is 32.6 Å². The second-order valence-electron chi connectivity index (χ2n) is 9.30. The highest BCUT2D eigenvalue weighted by Gasteiger charge is 2.33. The van der Waals surface area contributed by atoms with Crippen molar-refractivity contribution in [2.45, 2.75) is 52.5 Å². The van der Waals surface area contributed by atoms with Gasteiger partial charge in [-0.2, -0.15) is 5.10 Å². The van der Waals surface area contributed by atoms with Crippen molar-refractivity contribution in [2.24, 2.45) is 18.9 Å². The standard InChI is InChI=1S/C26H32N6O2/c1-16-5-7-19(8-6-16)24(31-25(33)22-12-14-29-32(22)4)26(34)30-23-10-9-20(15-28-23)21-11-13-27-18(3)17(21)2/h9-16,19,24H,5-8H2,1-4H3,(H,31,33)(H,28,30,34)/t16-,19-,24-/m0/s1. The zero-order valence-corrected chi connectivity index (χ0v) is 20.2. The lowest BCUT2D eigenvalue weighted by atomic mass is 9.79. The predicted octanol–water partition coefficient (Wildman–Crippen LogP) is 4.06. The van der Waals surface area contributed by atoms with Gasteiger partial charge in [-0.1, -0.05) is 19.8 Å². The monoisotopic (exact) mass is 460 g/mol. The molecule has 3 aromatic rings. The van der Waals surface area contributed by atoms with Gasteiger partial charge in [-0.25, -0.2) is 4.98 Å². The number of rotatable bonds is 6. The maximum atomic E-state index is 13.3. The molecule has 8 nitrogen and oxygen atoms in total. The lowest BCUT2D eigenvalue weighted by molar-refractivity contribution is -0.119. The number of hydrogen-bond donors (Lipinski definition) is 2. The van der Waals surface area contributed by atoms with Crippen LogP contribution in [0.1, 0.15) is 54.4 Å². The number of nitrogens with zero attached hydrogens (tertiary/aromatic N) is 4. The summed E-state index contributed by atoms with van der Waals surface area (Å²) >= 11 is 0. The zero-order valence-electron chi connectivity index (χ0n) is 20.2. The predicted molar refractivity (Wildman–Crippen MR) is 131 cm³/mol. The van der Waals surface area contributed by atoms with Crippen molar-refractivity contribution in [1.29, 1.82) is 0 Å². The van der Waals surface area contributed by atoms with E-state index in [1.165, 1.54) is 4.68 Å². The molecule has 34 heavy (non-hydrogen) atoms. The van der Waals surface area contributed by atoms with Crippen LogP contribution in [-0.2, 0) is 11.8 Å². The molecular formula is C26H32N6O2. The van der Waals surface area contributed by atoms with Gasteiger partial charge in [0.25, 0.3) is 5.91 Å². The van der Waals surface area contributed by atoms with Gasteiger partial charge >= 0.3 is 0 Å². The van der Waals surface area contributed by atoms with E-state index in [4.69, 9.17) is 0 Å². The van der Waals surface area contributed by atoms with E-state index in [1.54, 1.807) is 37.8 Å². The van der Waals surface area contributed by atoms with Gasteiger partial charge in [0.05, 0.1) is 0 Å². The number of hydrogen-bond acceptors (Lipinski definition) is 5. The van der Waals surface area contributed by atoms with Crippen molar-refractivity contribution in [1.82, 2.24) is 25.1 Å². The van der Waals surface area contributed by atoms with E-state index in [1.807, 2.05) is 26.0 Å². The van der Waals surface area contributed by atoms with Crippen LogP contribution < -0.4 is 10.6 Å². The second-order valence-corrected chi connectivity index (χ2v) is 9.30. The second kappa shape index (κ2) is 10.2. The molecule has 0 bridgehead atoms. The largest absolute Gasteiger partial charge is 0.339 e. The number of anilines is 1. The number of carbonyl (C=O) groups is 2. The minimum atomic E-state index is -0.638. The number of pyridine rings is 2. The van der Waals surface area contributed by atoms with Gasteiger partial charge in [-0.15, -0.1) is 0 Å². The SMILES string of the molecule is Cc1nccc(-c2ccc(NC(=O)[C@@H](NC(=O)c3ccnn3C)[C@H]3CC[C@H](C)CC3)nc2)c1C. The molecule has 0 unspecified atom stereocenters. The van der Waals surface area contributed by atoms with Crippen LogP contribution in [0.2, 0.25) is 0 Å². The summed E-state index contributed by atoms with van der Waals surface area (Å²) in [7, 11) is 1.71. The summed E-state index contributed by atoms with van der Waals surface area (Å²) in [6.45, 7) is 6.25. The van der Waals surface area contributed by atoms with Crippen molar-refractivity contribution in [3.63, 3.8) is 0 Å². The average molecular weight is 461 g/mol. The number of amides is 2. The third kappa shape index (κ3) is 5.16. The first kappa shape index (κ1) is 23.6. The third-order valence-electron chi connectivity index (χ3n) is 6.94. The highest BCUT2D eigenvalue weighted by molar-refractivity contribution is 6.00. The molecule has 0 radical (unpaired) electrons. The third-order valence-corrected chi connectivity index (χ3v) is 6.94. The molecule has 1 fully saturated rings. The Morgan fingerprint density at radius 1 is 1.03 bits per heavy atom. The Kier molecular flexibility index (Phi) is 7.05. The average Bonchev–Trinajstić information content (AvgIpc) is 3.26. The smallest absolute Gasteiger partial charge is 0.270 e. The van der Waals surface area contributed by atoms with E-state index in [9.17, 15) is 9.59 Å². The summed E-state index contributed by atoms with van der Waals surface area (Å²) in [5.41, 5.74) is 4.53. The summed E-state index contributed by atoms with van der Waals surface area (Å²) in [6.07, 6.45) is 9.01.